The van der Waals surface area contributed by atoms with Gasteiger partial charge in [-0.2, -0.15) is 0 Å². The van der Waals surface area contributed by atoms with E-state index in [0.29, 0.717) is 5.11 Å². The number of nitrogens with one attached hydrogen (secondary N) is 2. The molecular formula is C26H33ClN4OS. The first-order chi connectivity index (χ1) is 16.1. The van der Waals surface area contributed by atoms with Crippen molar-refractivity contribution < 1.29 is 4.74 Å². The molecule has 3 aromatic rings. The van der Waals surface area contributed by atoms with Crippen molar-refractivity contribution in [3.63, 3.8) is 0 Å². The summed E-state index contributed by atoms with van der Waals surface area (Å²) >= 11 is 11.4. The van der Waals surface area contributed by atoms with Gasteiger partial charge in [0, 0.05) is 29.6 Å². The Bertz CT molecular complexity index is 945. The molecule has 0 radical (unpaired) electrons. The van der Waals surface area contributed by atoms with Crippen LogP contribution in [0.3, 0.4) is 0 Å². The second-order valence-electron chi connectivity index (χ2n) is 8.13. The average Bonchev–Trinajstić information content (AvgIpc) is 3.33. The molecule has 3 rings (SSSR count). The normalized spacial score (nSPS) is 11.7. The zero-order valence-electron chi connectivity index (χ0n) is 19.2. The van der Waals surface area contributed by atoms with Crippen LogP contribution in [-0.2, 0) is 13.0 Å². The number of aromatic nitrogens is 2. The SMILES string of the molecule is CCCCCCNC(=S)Nc1ccc(OC(CCc2ccc(Cl)cc2)Cn2ccnc2)cc1. The lowest BCUT2D eigenvalue weighted by Crippen LogP contribution is -2.29. The number of ether oxygens (including phenoxy) is 1. The molecule has 1 unspecified atom stereocenters. The number of hydrogen-bond donors (Lipinski definition) is 2. The predicted molar refractivity (Wildman–Crippen MR) is 141 cm³/mol. The molecule has 33 heavy (non-hydrogen) atoms. The van der Waals surface area contributed by atoms with Gasteiger partial charge in [-0.3, -0.25) is 0 Å². The van der Waals surface area contributed by atoms with Gasteiger partial charge in [0.15, 0.2) is 5.11 Å². The molecule has 1 atom stereocenters. The third kappa shape index (κ3) is 9.44. The number of benzene rings is 2. The molecule has 1 aromatic heterocycles. The van der Waals surface area contributed by atoms with Crippen LogP contribution in [0.25, 0.3) is 0 Å². The van der Waals surface area contributed by atoms with Crippen molar-refractivity contribution in [2.45, 2.75) is 58.1 Å². The van der Waals surface area contributed by atoms with Gasteiger partial charge >= 0.3 is 0 Å². The van der Waals surface area contributed by atoms with E-state index in [1.807, 2.05) is 53.5 Å². The van der Waals surface area contributed by atoms with Crippen LogP contribution in [-0.4, -0.2) is 27.3 Å². The van der Waals surface area contributed by atoms with E-state index in [-0.39, 0.29) is 6.10 Å². The first kappa shape index (κ1) is 25.1. The third-order valence-corrected chi connectivity index (χ3v) is 5.87. The number of unbranched alkanes of at least 4 members (excludes halogenated alkanes) is 3. The van der Waals surface area contributed by atoms with Gasteiger partial charge in [-0.15, -0.1) is 0 Å². The standard InChI is InChI=1S/C26H33ClN4OS/c1-2-3-4-5-16-29-26(33)30-23-11-14-24(15-12-23)32-25(19-31-18-17-28-20-31)13-8-21-6-9-22(27)10-7-21/h6-7,9-12,14-15,17-18,20,25H,2-5,8,13,16,19H2,1H3,(H2,29,30,33). The lowest BCUT2D eigenvalue weighted by Gasteiger charge is -2.20. The highest BCUT2D eigenvalue weighted by molar-refractivity contribution is 7.80. The number of rotatable bonds is 13. The fraction of sp³-hybridized carbons (Fsp3) is 0.385. The van der Waals surface area contributed by atoms with Crippen molar-refractivity contribution in [1.82, 2.24) is 14.9 Å². The predicted octanol–water partition coefficient (Wildman–Crippen LogP) is 6.48. The third-order valence-electron chi connectivity index (χ3n) is 5.37. The number of imidazole rings is 1. The highest BCUT2D eigenvalue weighted by atomic mass is 35.5. The highest BCUT2D eigenvalue weighted by Crippen LogP contribution is 2.20. The molecule has 5 nitrogen and oxygen atoms in total. The Hall–Kier alpha value is -2.57. The largest absolute Gasteiger partial charge is 0.489 e. The van der Waals surface area contributed by atoms with Crippen molar-refractivity contribution in [3.8, 4) is 5.75 Å². The Balaban J connectivity index is 1.52. The minimum absolute atomic E-state index is 0.0135. The molecule has 0 fully saturated rings. The van der Waals surface area contributed by atoms with Crippen LogP contribution < -0.4 is 15.4 Å². The van der Waals surface area contributed by atoms with Gasteiger partial charge in [0.1, 0.15) is 11.9 Å². The fourth-order valence-electron chi connectivity index (χ4n) is 3.53. The summed E-state index contributed by atoms with van der Waals surface area (Å²) in [6.45, 7) is 3.85. The first-order valence-electron chi connectivity index (χ1n) is 11.6. The maximum Gasteiger partial charge on any atom is 0.170 e. The van der Waals surface area contributed by atoms with Crippen molar-refractivity contribution in [3.05, 3.63) is 77.8 Å². The molecule has 0 aliphatic heterocycles. The van der Waals surface area contributed by atoms with Crippen LogP contribution in [0.1, 0.15) is 44.6 Å². The highest BCUT2D eigenvalue weighted by Gasteiger charge is 2.12. The van der Waals surface area contributed by atoms with Gasteiger partial charge in [-0.25, -0.2) is 4.98 Å². The zero-order chi connectivity index (χ0) is 23.3. The molecule has 7 heteroatoms. The van der Waals surface area contributed by atoms with Gasteiger partial charge in [-0.1, -0.05) is 49.9 Å². The fourth-order valence-corrected chi connectivity index (χ4v) is 3.88. The summed E-state index contributed by atoms with van der Waals surface area (Å²) in [5.74, 6) is 0.834. The Morgan fingerprint density at radius 3 is 2.58 bits per heavy atom. The van der Waals surface area contributed by atoms with Crippen LogP contribution in [0.4, 0.5) is 5.69 Å². The van der Waals surface area contributed by atoms with Gasteiger partial charge in [0.05, 0.1) is 12.9 Å². The van der Waals surface area contributed by atoms with Gasteiger partial charge in [-0.05, 0) is 73.4 Å². The molecule has 0 amide bonds. The van der Waals surface area contributed by atoms with Gasteiger partial charge < -0.3 is 19.9 Å². The van der Waals surface area contributed by atoms with E-state index in [9.17, 15) is 0 Å². The minimum atomic E-state index is 0.0135. The number of aryl methyl sites for hydroxylation is 1. The summed E-state index contributed by atoms with van der Waals surface area (Å²) in [5, 5.41) is 7.92. The quantitative estimate of drug-likeness (QED) is 0.214. The maximum absolute atomic E-state index is 6.34. The van der Waals surface area contributed by atoms with Crippen LogP contribution in [0.2, 0.25) is 5.02 Å². The van der Waals surface area contributed by atoms with Crippen molar-refractivity contribution >= 4 is 34.6 Å². The summed E-state index contributed by atoms with van der Waals surface area (Å²) in [4.78, 5) is 4.15. The molecular weight excluding hydrogens is 452 g/mol. The van der Waals surface area contributed by atoms with Gasteiger partial charge in [0.2, 0.25) is 0 Å². The van der Waals surface area contributed by atoms with E-state index in [1.54, 1.807) is 6.20 Å². The molecule has 0 saturated heterocycles. The van der Waals surface area contributed by atoms with Crippen molar-refractivity contribution in [1.29, 1.82) is 0 Å². The lowest BCUT2D eigenvalue weighted by atomic mass is 10.1. The van der Waals surface area contributed by atoms with E-state index in [4.69, 9.17) is 28.6 Å². The molecule has 0 aliphatic rings. The van der Waals surface area contributed by atoms with Crippen molar-refractivity contribution in [2.75, 3.05) is 11.9 Å². The summed E-state index contributed by atoms with van der Waals surface area (Å²) in [6, 6.07) is 15.9. The molecule has 0 saturated carbocycles. The Kier molecular flexibility index (Phi) is 10.5. The van der Waals surface area contributed by atoms with Crippen LogP contribution in [0.15, 0.2) is 67.3 Å². The number of thiocarbonyl (C=S) groups is 1. The Morgan fingerprint density at radius 1 is 1.09 bits per heavy atom. The van der Waals surface area contributed by atoms with E-state index in [2.05, 4.69) is 34.7 Å². The summed E-state index contributed by atoms with van der Waals surface area (Å²) in [5.41, 5.74) is 2.19. The van der Waals surface area contributed by atoms with E-state index in [1.165, 1.54) is 24.8 Å². The molecule has 176 valence electrons. The molecule has 2 aromatic carbocycles. The molecule has 2 N–H and O–H groups in total. The van der Waals surface area contributed by atoms with E-state index in [0.717, 1.165) is 48.8 Å². The first-order valence-corrected chi connectivity index (χ1v) is 12.4. The number of anilines is 1. The molecule has 0 spiro atoms. The second kappa shape index (κ2) is 13.9. The van der Waals surface area contributed by atoms with Crippen LogP contribution >= 0.6 is 23.8 Å². The van der Waals surface area contributed by atoms with E-state index >= 15 is 0 Å². The second-order valence-corrected chi connectivity index (χ2v) is 8.98. The Labute approximate surface area is 207 Å². The smallest absolute Gasteiger partial charge is 0.170 e. The van der Waals surface area contributed by atoms with Gasteiger partial charge in [0.25, 0.3) is 0 Å². The van der Waals surface area contributed by atoms with Crippen molar-refractivity contribution in [2.24, 2.45) is 0 Å². The molecule has 0 bridgehead atoms. The average molecular weight is 485 g/mol. The summed E-state index contributed by atoms with van der Waals surface area (Å²) < 4.78 is 8.39. The maximum atomic E-state index is 6.34. The summed E-state index contributed by atoms with van der Waals surface area (Å²) in [6.07, 6.45) is 12.3. The summed E-state index contributed by atoms with van der Waals surface area (Å²) in [7, 11) is 0. The molecule has 1 heterocycles. The number of hydrogen-bond acceptors (Lipinski definition) is 3. The zero-order valence-corrected chi connectivity index (χ0v) is 20.7. The number of halogens is 1. The molecule has 0 aliphatic carbocycles. The minimum Gasteiger partial charge on any atom is -0.489 e. The Morgan fingerprint density at radius 2 is 1.88 bits per heavy atom. The topological polar surface area (TPSA) is 51.1 Å². The van der Waals surface area contributed by atoms with Crippen LogP contribution in [0, 0.1) is 0 Å². The van der Waals surface area contributed by atoms with E-state index < -0.39 is 0 Å². The lowest BCUT2D eigenvalue weighted by molar-refractivity contribution is 0.170. The number of nitrogens with zero attached hydrogens (tertiary/aromatic N) is 2. The monoisotopic (exact) mass is 484 g/mol. The van der Waals surface area contributed by atoms with Crippen LogP contribution in [0.5, 0.6) is 5.75 Å².